The van der Waals surface area contributed by atoms with E-state index < -0.39 is 6.09 Å². The molecule has 0 heterocycles. The molecule has 1 aliphatic carbocycles. The van der Waals surface area contributed by atoms with E-state index in [1.165, 1.54) is 22.3 Å². The van der Waals surface area contributed by atoms with Crippen molar-refractivity contribution in [1.29, 1.82) is 5.26 Å². The summed E-state index contributed by atoms with van der Waals surface area (Å²) in [5, 5.41) is 11.5. The lowest BCUT2D eigenvalue weighted by molar-refractivity contribution is 0.158. The van der Waals surface area contributed by atoms with E-state index in [1.807, 2.05) is 30.3 Å². The molecular weight excluding hydrogens is 324 g/mol. The third-order valence-corrected chi connectivity index (χ3v) is 4.60. The standard InChI is InChI=1S/C22H16N2O2/c23-13-15-9-11-16(12-10-15)24-22(25)26-14-21-19-7-3-1-5-17(19)18-6-2-4-8-20(18)21/h1-12,21H,14H2,(H,24,25). The summed E-state index contributed by atoms with van der Waals surface area (Å²) in [7, 11) is 0. The van der Waals surface area contributed by atoms with Gasteiger partial charge in [-0.25, -0.2) is 4.79 Å². The van der Waals surface area contributed by atoms with Crippen LogP contribution in [-0.4, -0.2) is 12.7 Å². The number of nitrogens with one attached hydrogen (secondary N) is 1. The molecule has 4 nitrogen and oxygen atoms in total. The van der Waals surface area contributed by atoms with Gasteiger partial charge in [0.1, 0.15) is 6.61 Å². The second-order valence-corrected chi connectivity index (χ2v) is 6.14. The van der Waals surface area contributed by atoms with Gasteiger partial charge in [-0.05, 0) is 46.5 Å². The minimum absolute atomic E-state index is 0.0362. The highest BCUT2D eigenvalue weighted by Gasteiger charge is 2.28. The average Bonchev–Trinajstić information content (AvgIpc) is 3.01. The van der Waals surface area contributed by atoms with E-state index in [2.05, 4.69) is 29.6 Å². The molecule has 1 N–H and O–H groups in total. The SMILES string of the molecule is N#Cc1ccc(NC(=O)OCC2c3ccccc3-c3ccccc32)cc1. The number of nitrogens with zero attached hydrogens (tertiary/aromatic N) is 1. The van der Waals surface area contributed by atoms with Gasteiger partial charge in [0.25, 0.3) is 0 Å². The van der Waals surface area contributed by atoms with Crippen molar-refractivity contribution in [3.05, 3.63) is 89.5 Å². The normalized spacial score (nSPS) is 12.0. The van der Waals surface area contributed by atoms with E-state index in [0.29, 0.717) is 11.3 Å². The molecule has 0 radical (unpaired) electrons. The van der Waals surface area contributed by atoms with E-state index in [9.17, 15) is 4.79 Å². The van der Waals surface area contributed by atoms with E-state index in [4.69, 9.17) is 10.00 Å². The van der Waals surface area contributed by atoms with Crippen molar-refractivity contribution in [2.75, 3.05) is 11.9 Å². The number of amides is 1. The molecule has 3 aromatic rings. The average molecular weight is 340 g/mol. The van der Waals surface area contributed by atoms with Crippen LogP contribution in [0.25, 0.3) is 11.1 Å². The molecule has 0 bridgehead atoms. The Morgan fingerprint density at radius 3 is 2.08 bits per heavy atom. The molecule has 1 aliphatic rings. The highest BCUT2D eigenvalue weighted by Crippen LogP contribution is 2.44. The van der Waals surface area contributed by atoms with Crippen molar-refractivity contribution in [3.63, 3.8) is 0 Å². The van der Waals surface area contributed by atoms with Gasteiger partial charge in [-0.1, -0.05) is 48.5 Å². The summed E-state index contributed by atoms with van der Waals surface area (Å²) in [5.41, 5.74) is 5.90. The number of benzene rings is 3. The Morgan fingerprint density at radius 1 is 0.923 bits per heavy atom. The first kappa shape index (κ1) is 15.9. The maximum atomic E-state index is 12.1. The topological polar surface area (TPSA) is 62.1 Å². The van der Waals surface area contributed by atoms with Gasteiger partial charge in [-0.3, -0.25) is 5.32 Å². The number of carbonyl (C=O) groups excluding carboxylic acids is 1. The van der Waals surface area contributed by atoms with Gasteiger partial charge in [-0.15, -0.1) is 0 Å². The Hall–Kier alpha value is -3.58. The molecule has 3 aromatic carbocycles. The summed E-state index contributed by atoms with van der Waals surface area (Å²) in [6, 6.07) is 25.1. The van der Waals surface area contributed by atoms with Crippen molar-refractivity contribution >= 4 is 11.8 Å². The first-order valence-corrected chi connectivity index (χ1v) is 8.38. The van der Waals surface area contributed by atoms with Gasteiger partial charge < -0.3 is 4.74 Å². The number of hydrogen-bond acceptors (Lipinski definition) is 3. The van der Waals surface area contributed by atoms with Crippen LogP contribution in [-0.2, 0) is 4.74 Å². The van der Waals surface area contributed by atoms with Crippen LogP contribution in [0, 0.1) is 11.3 Å². The maximum absolute atomic E-state index is 12.1. The number of rotatable bonds is 3. The maximum Gasteiger partial charge on any atom is 0.411 e. The van der Waals surface area contributed by atoms with E-state index in [0.717, 1.165) is 0 Å². The van der Waals surface area contributed by atoms with Crippen molar-refractivity contribution < 1.29 is 9.53 Å². The molecule has 0 saturated carbocycles. The van der Waals surface area contributed by atoms with Crippen molar-refractivity contribution in [2.24, 2.45) is 0 Å². The number of carbonyl (C=O) groups is 1. The molecule has 1 amide bonds. The third-order valence-electron chi connectivity index (χ3n) is 4.60. The first-order valence-electron chi connectivity index (χ1n) is 8.38. The van der Waals surface area contributed by atoms with Gasteiger partial charge in [0.2, 0.25) is 0 Å². The number of nitriles is 1. The minimum Gasteiger partial charge on any atom is -0.448 e. The highest BCUT2D eigenvalue weighted by molar-refractivity contribution is 5.85. The summed E-state index contributed by atoms with van der Waals surface area (Å²) < 4.78 is 5.49. The molecule has 0 aliphatic heterocycles. The smallest absolute Gasteiger partial charge is 0.411 e. The lowest BCUT2D eigenvalue weighted by atomic mass is 9.98. The largest absolute Gasteiger partial charge is 0.448 e. The van der Waals surface area contributed by atoms with Crippen molar-refractivity contribution in [3.8, 4) is 17.2 Å². The molecule has 0 unspecified atom stereocenters. The fraction of sp³-hybridized carbons (Fsp3) is 0.0909. The number of anilines is 1. The second-order valence-electron chi connectivity index (χ2n) is 6.14. The van der Waals surface area contributed by atoms with Crippen LogP contribution < -0.4 is 5.32 Å². The van der Waals surface area contributed by atoms with Crippen molar-refractivity contribution in [1.82, 2.24) is 0 Å². The van der Waals surface area contributed by atoms with Gasteiger partial charge in [0.05, 0.1) is 11.6 Å². The first-order chi connectivity index (χ1) is 12.8. The molecule has 0 atom stereocenters. The molecule has 126 valence electrons. The zero-order valence-electron chi connectivity index (χ0n) is 14.0. The van der Waals surface area contributed by atoms with Crippen LogP contribution in [0.2, 0.25) is 0 Å². The fourth-order valence-electron chi connectivity index (χ4n) is 3.38. The van der Waals surface area contributed by atoms with E-state index >= 15 is 0 Å². The third kappa shape index (κ3) is 2.91. The molecule has 4 rings (SSSR count). The van der Waals surface area contributed by atoms with E-state index in [1.54, 1.807) is 24.3 Å². The second kappa shape index (κ2) is 6.73. The van der Waals surface area contributed by atoms with Gasteiger partial charge in [0, 0.05) is 11.6 Å². The lowest BCUT2D eigenvalue weighted by Gasteiger charge is -2.14. The Morgan fingerprint density at radius 2 is 1.50 bits per heavy atom. The number of ether oxygens (including phenoxy) is 1. The fourth-order valence-corrected chi connectivity index (χ4v) is 3.38. The summed E-state index contributed by atoms with van der Waals surface area (Å²) in [5.74, 6) is 0.0362. The Balaban J connectivity index is 1.47. The highest BCUT2D eigenvalue weighted by atomic mass is 16.5. The van der Waals surface area contributed by atoms with Gasteiger partial charge in [-0.2, -0.15) is 5.26 Å². The lowest BCUT2D eigenvalue weighted by Crippen LogP contribution is -2.17. The van der Waals surface area contributed by atoms with E-state index in [-0.39, 0.29) is 12.5 Å². The zero-order valence-corrected chi connectivity index (χ0v) is 14.0. The molecule has 0 aromatic heterocycles. The molecule has 0 spiro atoms. The zero-order chi connectivity index (χ0) is 17.9. The minimum atomic E-state index is -0.503. The number of fused-ring (bicyclic) bond motifs is 3. The molecule has 0 saturated heterocycles. The summed E-state index contributed by atoms with van der Waals surface area (Å²) in [6.45, 7) is 0.274. The van der Waals surface area contributed by atoms with Crippen LogP contribution in [0.1, 0.15) is 22.6 Å². The summed E-state index contributed by atoms with van der Waals surface area (Å²) in [4.78, 5) is 12.1. The Bertz CT molecular complexity index is 958. The van der Waals surface area contributed by atoms with Gasteiger partial charge in [0.15, 0.2) is 0 Å². The summed E-state index contributed by atoms with van der Waals surface area (Å²) in [6.07, 6.45) is -0.503. The molecule has 4 heteroatoms. The number of hydrogen-bond donors (Lipinski definition) is 1. The molecule has 0 fully saturated rings. The Kier molecular flexibility index (Phi) is 4.12. The quantitative estimate of drug-likeness (QED) is 0.736. The van der Waals surface area contributed by atoms with Crippen LogP contribution in [0.15, 0.2) is 72.8 Å². The predicted octanol–water partition coefficient (Wildman–Crippen LogP) is 4.92. The van der Waals surface area contributed by atoms with Crippen LogP contribution in [0.4, 0.5) is 10.5 Å². The van der Waals surface area contributed by atoms with Crippen LogP contribution in [0.3, 0.4) is 0 Å². The van der Waals surface area contributed by atoms with Gasteiger partial charge >= 0.3 is 6.09 Å². The molecule has 26 heavy (non-hydrogen) atoms. The summed E-state index contributed by atoms with van der Waals surface area (Å²) >= 11 is 0. The van der Waals surface area contributed by atoms with Crippen LogP contribution >= 0.6 is 0 Å². The predicted molar refractivity (Wildman–Crippen MR) is 99.8 cm³/mol. The monoisotopic (exact) mass is 340 g/mol. The van der Waals surface area contributed by atoms with Crippen LogP contribution in [0.5, 0.6) is 0 Å². The Labute approximate surface area is 151 Å². The van der Waals surface area contributed by atoms with Crippen molar-refractivity contribution in [2.45, 2.75) is 5.92 Å². The molecular formula is C22H16N2O2.